The third-order valence-corrected chi connectivity index (χ3v) is 15.0. The molecule has 0 fully saturated rings. The number of rotatable bonds is 63. The van der Waals surface area contributed by atoms with Crippen LogP contribution in [0.3, 0.4) is 0 Å². The van der Waals surface area contributed by atoms with Crippen molar-refractivity contribution in [2.75, 3.05) is 13.2 Å². The van der Waals surface area contributed by atoms with Gasteiger partial charge in [-0.15, -0.1) is 0 Å². The van der Waals surface area contributed by atoms with Gasteiger partial charge in [0.1, 0.15) is 13.2 Å². The molecule has 0 aromatic rings. The third kappa shape index (κ3) is 66.9. The Morgan fingerprint density at radius 1 is 0.256 bits per heavy atom. The molecule has 0 spiro atoms. The average molecular weight is 1140 g/mol. The Balaban J connectivity index is 4.36. The molecule has 0 bridgehead atoms. The van der Waals surface area contributed by atoms with E-state index in [0.717, 1.165) is 141 Å². The molecular formula is C76H130O6. The van der Waals surface area contributed by atoms with Gasteiger partial charge < -0.3 is 14.2 Å². The zero-order valence-electron chi connectivity index (χ0n) is 54.0. The molecule has 6 nitrogen and oxygen atoms in total. The van der Waals surface area contributed by atoms with Crippen LogP contribution < -0.4 is 0 Å². The Labute approximate surface area is 508 Å². The van der Waals surface area contributed by atoms with Crippen LogP contribution in [-0.2, 0) is 28.6 Å². The zero-order chi connectivity index (χ0) is 59.2. The van der Waals surface area contributed by atoms with Crippen molar-refractivity contribution in [3.63, 3.8) is 0 Å². The van der Waals surface area contributed by atoms with Crippen LogP contribution >= 0.6 is 0 Å². The highest BCUT2D eigenvalue weighted by Gasteiger charge is 2.19. The van der Waals surface area contributed by atoms with Crippen LogP contribution in [0.15, 0.2) is 109 Å². The van der Waals surface area contributed by atoms with Crippen molar-refractivity contribution in [1.29, 1.82) is 0 Å². The van der Waals surface area contributed by atoms with E-state index in [9.17, 15) is 14.4 Å². The highest BCUT2D eigenvalue weighted by atomic mass is 16.6. The first kappa shape index (κ1) is 78.1. The molecule has 0 amide bonds. The molecule has 0 N–H and O–H groups in total. The van der Waals surface area contributed by atoms with Crippen LogP contribution in [0.25, 0.3) is 0 Å². The summed E-state index contributed by atoms with van der Waals surface area (Å²) in [5.74, 6) is -0.912. The smallest absolute Gasteiger partial charge is 0.306 e. The maximum atomic E-state index is 12.9. The molecular weight excluding hydrogens is 1010 g/mol. The lowest BCUT2D eigenvalue weighted by molar-refractivity contribution is -0.167. The van der Waals surface area contributed by atoms with Gasteiger partial charge in [-0.25, -0.2) is 0 Å². The normalized spacial score (nSPS) is 12.8. The lowest BCUT2D eigenvalue weighted by Crippen LogP contribution is -2.30. The van der Waals surface area contributed by atoms with E-state index in [-0.39, 0.29) is 31.1 Å². The summed E-state index contributed by atoms with van der Waals surface area (Å²) in [6.07, 6.45) is 95.3. The number of esters is 3. The quantitative estimate of drug-likeness (QED) is 0.0261. The van der Waals surface area contributed by atoms with Gasteiger partial charge in [0.2, 0.25) is 0 Å². The molecule has 82 heavy (non-hydrogen) atoms. The average Bonchev–Trinajstić information content (AvgIpc) is 3.48. The van der Waals surface area contributed by atoms with E-state index in [2.05, 4.69) is 130 Å². The van der Waals surface area contributed by atoms with Gasteiger partial charge in [0.15, 0.2) is 6.10 Å². The van der Waals surface area contributed by atoms with E-state index in [1.807, 2.05) is 0 Å². The van der Waals surface area contributed by atoms with E-state index in [1.165, 1.54) is 154 Å². The lowest BCUT2D eigenvalue weighted by Gasteiger charge is -2.18. The minimum absolute atomic E-state index is 0.0902. The van der Waals surface area contributed by atoms with Crippen molar-refractivity contribution in [1.82, 2.24) is 0 Å². The van der Waals surface area contributed by atoms with Crippen molar-refractivity contribution in [3.05, 3.63) is 109 Å². The topological polar surface area (TPSA) is 78.9 Å². The molecule has 0 aliphatic carbocycles. The second-order valence-electron chi connectivity index (χ2n) is 23.1. The summed E-state index contributed by atoms with van der Waals surface area (Å²) in [5.41, 5.74) is 0. The van der Waals surface area contributed by atoms with Crippen molar-refractivity contribution >= 4 is 17.9 Å². The molecule has 0 saturated carbocycles. The Bertz CT molecular complexity index is 1640. The highest BCUT2D eigenvalue weighted by Crippen LogP contribution is 2.17. The first-order valence-corrected chi connectivity index (χ1v) is 34.9. The molecule has 0 aliphatic heterocycles. The Kier molecular flexibility index (Phi) is 66.2. The van der Waals surface area contributed by atoms with E-state index in [1.54, 1.807) is 0 Å². The molecule has 6 heteroatoms. The van der Waals surface area contributed by atoms with E-state index in [0.29, 0.717) is 19.3 Å². The molecule has 0 aromatic carbocycles. The molecule has 0 radical (unpaired) electrons. The maximum Gasteiger partial charge on any atom is 0.306 e. The minimum atomic E-state index is -0.798. The monoisotopic (exact) mass is 1140 g/mol. The van der Waals surface area contributed by atoms with Crippen LogP contribution in [0, 0.1) is 0 Å². The van der Waals surface area contributed by atoms with Gasteiger partial charge in [-0.05, 0) is 128 Å². The van der Waals surface area contributed by atoms with Gasteiger partial charge in [-0.2, -0.15) is 0 Å². The summed E-state index contributed by atoms with van der Waals surface area (Å²) in [6, 6.07) is 0. The van der Waals surface area contributed by atoms with Crippen LogP contribution in [0.2, 0.25) is 0 Å². The van der Waals surface area contributed by atoms with E-state index >= 15 is 0 Å². The minimum Gasteiger partial charge on any atom is -0.462 e. The predicted molar refractivity (Wildman–Crippen MR) is 357 cm³/mol. The van der Waals surface area contributed by atoms with E-state index in [4.69, 9.17) is 14.2 Å². The fourth-order valence-corrected chi connectivity index (χ4v) is 9.77. The van der Waals surface area contributed by atoms with Gasteiger partial charge in [0.05, 0.1) is 0 Å². The number of carbonyl (C=O) groups excluding carboxylic acids is 3. The summed E-state index contributed by atoms with van der Waals surface area (Å²) in [4.78, 5) is 38.4. The Morgan fingerprint density at radius 3 is 0.756 bits per heavy atom. The number of carbonyl (C=O) groups is 3. The summed E-state index contributed by atoms with van der Waals surface area (Å²) < 4.78 is 17.0. The highest BCUT2D eigenvalue weighted by molar-refractivity contribution is 5.71. The Morgan fingerprint density at radius 2 is 0.476 bits per heavy atom. The molecule has 0 rings (SSSR count). The number of hydrogen-bond acceptors (Lipinski definition) is 6. The molecule has 470 valence electrons. The third-order valence-electron chi connectivity index (χ3n) is 15.0. The van der Waals surface area contributed by atoms with Gasteiger partial charge in [-0.3, -0.25) is 14.4 Å². The fourth-order valence-electron chi connectivity index (χ4n) is 9.77. The number of ether oxygens (including phenoxy) is 3. The summed E-state index contributed by atoms with van der Waals surface area (Å²) in [7, 11) is 0. The molecule has 0 heterocycles. The van der Waals surface area contributed by atoms with Crippen molar-refractivity contribution in [2.24, 2.45) is 0 Å². The number of hydrogen-bond donors (Lipinski definition) is 0. The van der Waals surface area contributed by atoms with Crippen LogP contribution in [0.1, 0.15) is 335 Å². The molecule has 0 aromatic heterocycles. The van der Waals surface area contributed by atoms with Gasteiger partial charge in [0.25, 0.3) is 0 Å². The molecule has 1 unspecified atom stereocenters. The molecule has 0 saturated heterocycles. The van der Waals surface area contributed by atoms with Crippen molar-refractivity contribution < 1.29 is 28.6 Å². The number of allylic oxidation sites excluding steroid dienone is 18. The second kappa shape index (κ2) is 69.6. The fraction of sp³-hybridized carbons (Fsp3) is 0.724. The lowest BCUT2D eigenvalue weighted by atomic mass is 10.0. The van der Waals surface area contributed by atoms with Crippen LogP contribution in [-0.4, -0.2) is 37.2 Å². The summed E-state index contributed by atoms with van der Waals surface area (Å²) >= 11 is 0. The number of unbranched alkanes of at least 4 members (excludes halogenated alkanes) is 34. The Hall–Kier alpha value is -3.93. The van der Waals surface area contributed by atoms with Gasteiger partial charge in [-0.1, -0.05) is 297 Å². The standard InChI is InChI=1S/C76H130O6/c1-4-7-10-13-16-19-22-25-28-31-33-35-36-37-38-39-40-42-43-45-48-51-54-57-60-63-66-69-75(78)81-72-73(71-80-74(77)68-65-62-59-56-53-50-47-30-27-24-21-18-15-12-9-6-3)82-76(79)70-67-64-61-58-55-52-49-46-44-41-34-32-29-26-23-20-17-14-11-8-5-2/h8,11,17,20-22,24-26,29-31,33-34,41,46-47,49,73H,4-7,9-10,12-16,18-19,23,27-28,32,35-40,42-45,48,50-72H2,1-3H3/b11-8-,20-17-,24-21-,25-22-,29-26-,33-31-,41-34-,47-30-,49-46-. The maximum absolute atomic E-state index is 12.9. The summed E-state index contributed by atoms with van der Waals surface area (Å²) in [5, 5.41) is 0. The van der Waals surface area contributed by atoms with Crippen LogP contribution in [0.5, 0.6) is 0 Å². The largest absolute Gasteiger partial charge is 0.462 e. The van der Waals surface area contributed by atoms with Gasteiger partial charge in [0, 0.05) is 19.3 Å². The van der Waals surface area contributed by atoms with Crippen molar-refractivity contribution in [2.45, 2.75) is 341 Å². The second-order valence-corrected chi connectivity index (χ2v) is 23.1. The SMILES string of the molecule is CC/C=C\C/C=C\C/C=C\C/C=C\C/C=C\CCCCCCCC(=O)OC(COC(=O)CCCCCCC/C=C\C/C=C\CCCCCC)COC(=O)CCCCCCCCCCCCCCCCC/C=C\C/C=C\CCCCCCC. The first-order valence-electron chi connectivity index (χ1n) is 34.9. The van der Waals surface area contributed by atoms with E-state index < -0.39 is 6.10 Å². The van der Waals surface area contributed by atoms with Gasteiger partial charge >= 0.3 is 17.9 Å². The predicted octanol–water partition coefficient (Wildman–Crippen LogP) is 24.2. The molecule has 1 atom stereocenters. The van der Waals surface area contributed by atoms with Crippen molar-refractivity contribution in [3.8, 4) is 0 Å². The molecule has 0 aliphatic rings. The van der Waals surface area contributed by atoms with Crippen LogP contribution in [0.4, 0.5) is 0 Å². The zero-order valence-corrected chi connectivity index (χ0v) is 54.0. The summed E-state index contributed by atoms with van der Waals surface area (Å²) in [6.45, 7) is 6.50. The first-order chi connectivity index (χ1) is 40.5.